The number of thiophene rings is 1. The average molecular weight is 367 g/mol. The number of piperidine rings is 1. The quantitative estimate of drug-likeness (QED) is 0.906. The molecule has 0 unspecified atom stereocenters. The summed E-state index contributed by atoms with van der Waals surface area (Å²) in [5.74, 6) is 0.975. The minimum absolute atomic E-state index is 0.131. The highest BCUT2D eigenvalue weighted by Gasteiger charge is 2.24. The third-order valence-electron chi connectivity index (χ3n) is 3.49. The summed E-state index contributed by atoms with van der Waals surface area (Å²) in [5, 5.41) is 5.33. The summed E-state index contributed by atoms with van der Waals surface area (Å²) in [6, 6.07) is 4.11. The van der Waals surface area contributed by atoms with Gasteiger partial charge in [-0.3, -0.25) is 4.79 Å². The minimum atomic E-state index is 0.131. The molecule has 110 valence electrons. The van der Waals surface area contributed by atoms with Crippen LogP contribution in [-0.4, -0.2) is 39.9 Å². The first-order valence-corrected chi connectivity index (χ1v) is 8.45. The number of rotatable bonds is 3. The van der Waals surface area contributed by atoms with Crippen molar-refractivity contribution in [2.45, 2.75) is 18.9 Å². The van der Waals surface area contributed by atoms with Gasteiger partial charge in [0.05, 0.1) is 4.88 Å². The van der Waals surface area contributed by atoms with Crippen molar-refractivity contribution in [3.05, 3.63) is 39.4 Å². The number of anilines is 1. The lowest BCUT2D eigenvalue weighted by Gasteiger charge is -2.32. The van der Waals surface area contributed by atoms with E-state index in [1.54, 1.807) is 6.20 Å². The van der Waals surface area contributed by atoms with Crippen LogP contribution in [0.3, 0.4) is 0 Å². The zero-order valence-electron chi connectivity index (χ0n) is 11.3. The number of carbonyl (C=O) groups is 1. The van der Waals surface area contributed by atoms with Crippen molar-refractivity contribution in [2.24, 2.45) is 0 Å². The first-order valence-electron chi connectivity index (χ1n) is 6.78. The van der Waals surface area contributed by atoms with Crippen molar-refractivity contribution < 1.29 is 4.79 Å². The van der Waals surface area contributed by atoms with E-state index in [1.165, 1.54) is 17.7 Å². The van der Waals surface area contributed by atoms with E-state index in [2.05, 4.69) is 31.2 Å². The maximum atomic E-state index is 12.4. The predicted molar refractivity (Wildman–Crippen MR) is 86.6 cm³/mol. The van der Waals surface area contributed by atoms with E-state index in [-0.39, 0.29) is 5.91 Å². The molecule has 1 aliphatic heterocycles. The second-order valence-corrected chi connectivity index (χ2v) is 6.76. The van der Waals surface area contributed by atoms with Crippen LogP contribution < -0.4 is 5.32 Å². The molecule has 0 saturated carbocycles. The molecule has 0 spiro atoms. The highest BCUT2D eigenvalue weighted by molar-refractivity contribution is 9.10. The Kier molecular flexibility index (Phi) is 4.50. The van der Waals surface area contributed by atoms with E-state index in [0.29, 0.717) is 6.04 Å². The summed E-state index contributed by atoms with van der Waals surface area (Å²) in [7, 11) is 0. The van der Waals surface area contributed by atoms with E-state index < -0.39 is 0 Å². The summed E-state index contributed by atoms with van der Waals surface area (Å²) in [5.41, 5.74) is 0. The van der Waals surface area contributed by atoms with Gasteiger partial charge in [-0.05, 0) is 40.9 Å². The van der Waals surface area contributed by atoms with Crippen molar-refractivity contribution in [3.63, 3.8) is 0 Å². The van der Waals surface area contributed by atoms with Crippen LogP contribution in [0.1, 0.15) is 22.5 Å². The lowest BCUT2D eigenvalue weighted by molar-refractivity contribution is 0.0723. The molecule has 1 saturated heterocycles. The third kappa shape index (κ3) is 3.59. The molecule has 2 aromatic heterocycles. The molecule has 7 heteroatoms. The maximum Gasteiger partial charge on any atom is 0.263 e. The number of aromatic nitrogens is 2. The molecule has 21 heavy (non-hydrogen) atoms. The number of likely N-dealkylation sites (tertiary alicyclic amines) is 1. The van der Waals surface area contributed by atoms with Crippen LogP contribution in [0.25, 0.3) is 0 Å². The van der Waals surface area contributed by atoms with Crippen molar-refractivity contribution in [1.82, 2.24) is 14.9 Å². The first-order chi connectivity index (χ1) is 10.2. The summed E-state index contributed by atoms with van der Waals surface area (Å²) in [4.78, 5) is 23.1. The third-order valence-corrected chi connectivity index (χ3v) is 5.17. The van der Waals surface area contributed by atoms with Crippen LogP contribution in [-0.2, 0) is 0 Å². The normalized spacial score (nSPS) is 16.0. The number of amides is 1. The van der Waals surface area contributed by atoms with Gasteiger partial charge in [0, 0.05) is 35.2 Å². The molecular weight excluding hydrogens is 352 g/mol. The molecule has 0 aromatic carbocycles. The van der Waals surface area contributed by atoms with Crippen molar-refractivity contribution >= 4 is 39.0 Å². The molecule has 0 bridgehead atoms. The molecule has 1 fully saturated rings. The molecular formula is C14H15BrN4OS. The minimum Gasteiger partial charge on any atom is -0.367 e. The van der Waals surface area contributed by atoms with Crippen LogP contribution in [0.4, 0.5) is 5.82 Å². The molecule has 1 aliphatic rings. The fraction of sp³-hybridized carbons (Fsp3) is 0.357. The van der Waals surface area contributed by atoms with Gasteiger partial charge in [0.2, 0.25) is 0 Å². The van der Waals surface area contributed by atoms with Crippen molar-refractivity contribution in [3.8, 4) is 0 Å². The van der Waals surface area contributed by atoms with Gasteiger partial charge in [0.15, 0.2) is 0 Å². The zero-order valence-corrected chi connectivity index (χ0v) is 13.7. The number of halogens is 1. The van der Waals surface area contributed by atoms with Gasteiger partial charge in [-0.1, -0.05) is 0 Å². The second-order valence-electron chi connectivity index (χ2n) is 4.93. The van der Waals surface area contributed by atoms with Gasteiger partial charge < -0.3 is 10.2 Å². The standard InChI is InChI=1S/C14H15BrN4OS/c15-10-7-12(21-8-10)14(20)19-5-2-11(3-6-19)18-13-1-4-16-9-17-13/h1,4,7-9,11H,2-3,5-6H2,(H,16,17,18). The van der Waals surface area contributed by atoms with Crippen LogP contribution >= 0.6 is 27.3 Å². The first kappa shape index (κ1) is 14.5. The number of nitrogens with one attached hydrogen (secondary N) is 1. The largest absolute Gasteiger partial charge is 0.367 e. The van der Waals surface area contributed by atoms with E-state index in [1.807, 2.05) is 22.4 Å². The van der Waals surface area contributed by atoms with Crippen LogP contribution in [0.15, 0.2) is 34.5 Å². The fourth-order valence-electron chi connectivity index (χ4n) is 2.39. The van der Waals surface area contributed by atoms with Crippen molar-refractivity contribution in [1.29, 1.82) is 0 Å². The lowest BCUT2D eigenvalue weighted by Crippen LogP contribution is -2.42. The second kappa shape index (κ2) is 6.53. The summed E-state index contributed by atoms with van der Waals surface area (Å²) in [6.45, 7) is 1.55. The van der Waals surface area contributed by atoms with Gasteiger partial charge in [-0.15, -0.1) is 11.3 Å². The summed E-state index contributed by atoms with van der Waals surface area (Å²) >= 11 is 4.87. The van der Waals surface area contributed by atoms with E-state index >= 15 is 0 Å². The Hall–Kier alpha value is -1.47. The van der Waals surface area contributed by atoms with E-state index in [0.717, 1.165) is 41.1 Å². The molecule has 0 atom stereocenters. The molecule has 2 aromatic rings. The number of nitrogens with zero attached hydrogens (tertiary/aromatic N) is 3. The predicted octanol–water partition coefficient (Wildman–Crippen LogP) is 3.02. The Bertz CT molecular complexity index is 610. The lowest BCUT2D eigenvalue weighted by atomic mass is 10.0. The van der Waals surface area contributed by atoms with Crippen LogP contribution in [0, 0.1) is 0 Å². The summed E-state index contributed by atoms with van der Waals surface area (Å²) in [6.07, 6.45) is 5.13. The van der Waals surface area contributed by atoms with Gasteiger partial charge >= 0.3 is 0 Å². The number of hydrogen-bond acceptors (Lipinski definition) is 5. The topological polar surface area (TPSA) is 58.1 Å². The number of carbonyl (C=O) groups excluding carboxylic acids is 1. The highest BCUT2D eigenvalue weighted by atomic mass is 79.9. The van der Waals surface area contributed by atoms with Crippen LogP contribution in [0.5, 0.6) is 0 Å². The Morgan fingerprint density at radius 3 is 2.86 bits per heavy atom. The van der Waals surface area contributed by atoms with Crippen LogP contribution in [0.2, 0.25) is 0 Å². The van der Waals surface area contributed by atoms with E-state index in [4.69, 9.17) is 0 Å². The molecule has 0 aliphatic carbocycles. The van der Waals surface area contributed by atoms with Gasteiger partial charge in [0.25, 0.3) is 5.91 Å². The average Bonchev–Trinajstić information content (AvgIpc) is 2.95. The molecule has 1 N–H and O–H groups in total. The Morgan fingerprint density at radius 1 is 1.43 bits per heavy atom. The number of hydrogen-bond donors (Lipinski definition) is 1. The Morgan fingerprint density at radius 2 is 2.24 bits per heavy atom. The Labute approximate surface area is 135 Å². The molecule has 3 heterocycles. The highest BCUT2D eigenvalue weighted by Crippen LogP contribution is 2.23. The zero-order chi connectivity index (χ0) is 14.7. The molecule has 0 radical (unpaired) electrons. The smallest absolute Gasteiger partial charge is 0.263 e. The SMILES string of the molecule is O=C(c1cc(Br)cs1)N1CCC(Nc2ccncn2)CC1. The fourth-order valence-corrected chi connectivity index (χ4v) is 3.79. The summed E-state index contributed by atoms with van der Waals surface area (Å²) < 4.78 is 0.969. The van der Waals surface area contributed by atoms with Gasteiger partial charge in [-0.2, -0.15) is 0 Å². The van der Waals surface area contributed by atoms with E-state index in [9.17, 15) is 4.79 Å². The molecule has 5 nitrogen and oxygen atoms in total. The van der Waals surface area contributed by atoms with Gasteiger partial charge in [0.1, 0.15) is 12.1 Å². The van der Waals surface area contributed by atoms with Gasteiger partial charge in [-0.25, -0.2) is 9.97 Å². The Balaban J connectivity index is 1.54. The van der Waals surface area contributed by atoms with Crippen molar-refractivity contribution in [2.75, 3.05) is 18.4 Å². The molecule has 1 amide bonds. The monoisotopic (exact) mass is 366 g/mol. The maximum absolute atomic E-state index is 12.4. The molecule has 3 rings (SSSR count).